The monoisotopic (exact) mass is 240 g/mol. The third kappa shape index (κ3) is 1.86. The largest absolute Gasteiger partial charge is 0.297 e. The normalized spacial score (nSPS) is 14.3. The van der Waals surface area contributed by atoms with Gasteiger partial charge in [-0.2, -0.15) is 0 Å². The van der Waals surface area contributed by atoms with Crippen LogP contribution in [0.3, 0.4) is 0 Å². The second-order valence-electron chi connectivity index (χ2n) is 4.82. The van der Waals surface area contributed by atoms with Crippen molar-refractivity contribution in [2.24, 2.45) is 0 Å². The summed E-state index contributed by atoms with van der Waals surface area (Å²) in [6, 6.07) is 9.73. The van der Waals surface area contributed by atoms with E-state index in [0.717, 1.165) is 48.5 Å². The second kappa shape index (κ2) is 4.41. The quantitative estimate of drug-likeness (QED) is 0.767. The van der Waals surface area contributed by atoms with E-state index >= 15 is 0 Å². The SMILES string of the molecule is Cc1ccccc1-c1cc(=O)n2c(n1)CCCC2. The average Bonchev–Trinajstić information content (AvgIpc) is 2.39. The van der Waals surface area contributed by atoms with Crippen molar-refractivity contribution >= 4 is 0 Å². The number of rotatable bonds is 1. The Balaban J connectivity index is 2.17. The molecule has 1 aromatic carbocycles. The van der Waals surface area contributed by atoms with Crippen LogP contribution in [0.25, 0.3) is 11.3 Å². The van der Waals surface area contributed by atoms with Gasteiger partial charge in [-0.3, -0.25) is 9.36 Å². The fourth-order valence-electron chi connectivity index (χ4n) is 2.54. The van der Waals surface area contributed by atoms with Crippen LogP contribution in [0, 0.1) is 6.92 Å². The zero-order valence-corrected chi connectivity index (χ0v) is 10.5. The first kappa shape index (κ1) is 11.2. The van der Waals surface area contributed by atoms with Crippen LogP contribution in [0.15, 0.2) is 35.1 Å². The van der Waals surface area contributed by atoms with Gasteiger partial charge >= 0.3 is 0 Å². The molecule has 1 aliphatic heterocycles. The van der Waals surface area contributed by atoms with Gasteiger partial charge in [0.05, 0.1) is 5.69 Å². The third-order valence-corrected chi connectivity index (χ3v) is 3.54. The second-order valence-corrected chi connectivity index (χ2v) is 4.82. The maximum Gasteiger partial charge on any atom is 0.254 e. The van der Waals surface area contributed by atoms with Gasteiger partial charge in [0.15, 0.2) is 0 Å². The first-order valence-corrected chi connectivity index (χ1v) is 6.42. The van der Waals surface area contributed by atoms with E-state index < -0.39 is 0 Å². The molecule has 0 unspecified atom stereocenters. The molecule has 0 bridgehead atoms. The van der Waals surface area contributed by atoms with Crippen molar-refractivity contribution in [3.8, 4) is 11.3 Å². The van der Waals surface area contributed by atoms with E-state index in [4.69, 9.17) is 0 Å². The predicted octanol–water partition coefficient (Wildman–Crippen LogP) is 2.56. The van der Waals surface area contributed by atoms with Gasteiger partial charge < -0.3 is 0 Å². The topological polar surface area (TPSA) is 34.9 Å². The molecule has 0 N–H and O–H groups in total. The fourth-order valence-corrected chi connectivity index (χ4v) is 2.54. The summed E-state index contributed by atoms with van der Waals surface area (Å²) in [5.41, 5.74) is 3.11. The highest BCUT2D eigenvalue weighted by atomic mass is 16.1. The van der Waals surface area contributed by atoms with Crippen LogP contribution in [0.2, 0.25) is 0 Å². The summed E-state index contributed by atoms with van der Waals surface area (Å²) >= 11 is 0. The Bertz CT molecular complexity index is 643. The zero-order chi connectivity index (χ0) is 12.5. The molecule has 2 heterocycles. The lowest BCUT2D eigenvalue weighted by atomic mass is 10.0. The summed E-state index contributed by atoms with van der Waals surface area (Å²) in [6.07, 6.45) is 3.12. The Kier molecular flexibility index (Phi) is 2.74. The number of hydrogen-bond acceptors (Lipinski definition) is 2. The average molecular weight is 240 g/mol. The van der Waals surface area contributed by atoms with E-state index in [2.05, 4.69) is 4.98 Å². The van der Waals surface area contributed by atoms with Crippen molar-refractivity contribution in [2.45, 2.75) is 32.7 Å². The maximum absolute atomic E-state index is 12.1. The lowest BCUT2D eigenvalue weighted by Crippen LogP contribution is -2.27. The summed E-state index contributed by atoms with van der Waals surface area (Å²) in [5.74, 6) is 0.937. The molecule has 1 aliphatic rings. The molecule has 2 aromatic rings. The van der Waals surface area contributed by atoms with Gasteiger partial charge in [-0.1, -0.05) is 24.3 Å². The minimum Gasteiger partial charge on any atom is -0.297 e. The van der Waals surface area contributed by atoms with Crippen molar-refractivity contribution < 1.29 is 0 Å². The number of aromatic nitrogens is 2. The highest BCUT2D eigenvalue weighted by molar-refractivity contribution is 5.62. The number of fused-ring (bicyclic) bond motifs is 1. The van der Waals surface area contributed by atoms with Gasteiger partial charge in [0.1, 0.15) is 5.82 Å². The van der Waals surface area contributed by atoms with Crippen LogP contribution in [-0.2, 0) is 13.0 Å². The molecule has 0 spiro atoms. The molecule has 18 heavy (non-hydrogen) atoms. The Morgan fingerprint density at radius 2 is 2.06 bits per heavy atom. The Morgan fingerprint density at radius 1 is 1.22 bits per heavy atom. The highest BCUT2D eigenvalue weighted by Crippen LogP contribution is 2.21. The fraction of sp³-hybridized carbons (Fsp3) is 0.333. The van der Waals surface area contributed by atoms with E-state index in [1.165, 1.54) is 0 Å². The molecule has 92 valence electrons. The highest BCUT2D eigenvalue weighted by Gasteiger charge is 2.14. The summed E-state index contributed by atoms with van der Waals surface area (Å²) in [5, 5.41) is 0. The van der Waals surface area contributed by atoms with Crippen LogP contribution in [-0.4, -0.2) is 9.55 Å². The lowest BCUT2D eigenvalue weighted by molar-refractivity contribution is 0.496. The lowest BCUT2D eigenvalue weighted by Gasteiger charge is -2.18. The summed E-state index contributed by atoms with van der Waals surface area (Å²) in [4.78, 5) is 16.8. The predicted molar refractivity (Wildman–Crippen MR) is 71.6 cm³/mol. The van der Waals surface area contributed by atoms with E-state index in [1.54, 1.807) is 6.07 Å². The molecule has 0 fully saturated rings. The number of benzene rings is 1. The van der Waals surface area contributed by atoms with Crippen molar-refractivity contribution in [1.29, 1.82) is 0 Å². The van der Waals surface area contributed by atoms with Gasteiger partial charge in [0.2, 0.25) is 0 Å². The molecule has 0 radical (unpaired) electrons. The van der Waals surface area contributed by atoms with Crippen LogP contribution in [0.5, 0.6) is 0 Å². The number of hydrogen-bond donors (Lipinski definition) is 0. The molecule has 0 saturated carbocycles. The van der Waals surface area contributed by atoms with Gasteiger partial charge in [0, 0.05) is 24.6 Å². The van der Waals surface area contributed by atoms with Gasteiger partial charge in [-0.25, -0.2) is 4.98 Å². The molecule has 0 saturated heterocycles. The van der Waals surface area contributed by atoms with E-state index in [9.17, 15) is 4.79 Å². The summed E-state index contributed by atoms with van der Waals surface area (Å²) < 4.78 is 1.81. The minimum atomic E-state index is 0.0814. The molecule has 3 nitrogen and oxygen atoms in total. The first-order valence-electron chi connectivity index (χ1n) is 6.42. The number of aryl methyl sites for hydroxylation is 2. The molecule has 0 amide bonds. The van der Waals surface area contributed by atoms with Crippen LogP contribution >= 0.6 is 0 Å². The molecular weight excluding hydrogens is 224 g/mol. The molecule has 0 aliphatic carbocycles. The third-order valence-electron chi connectivity index (χ3n) is 3.54. The summed E-state index contributed by atoms with van der Waals surface area (Å²) in [6.45, 7) is 2.86. The zero-order valence-electron chi connectivity index (χ0n) is 10.5. The van der Waals surface area contributed by atoms with Crippen LogP contribution in [0.1, 0.15) is 24.2 Å². The molecule has 3 rings (SSSR count). The van der Waals surface area contributed by atoms with Gasteiger partial charge in [-0.15, -0.1) is 0 Å². The summed E-state index contributed by atoms with van der Waals surface area (Å²) in [7, 11) is 0. The first-order chi connectivity index (χ1) is 8.75. The van der Waals surface area contributed by atoms with Gasteiger partial charge in [0.25, 0.3) is 5.56 Å². The van der Waals surface area contributed by atoms with Gasteiger partial charge in [-0.05, 0) is 25.3 Å². The van der Waals surface area contributed by atoms with Crippen molar-refractivity contribution in [1.82, 2.24) is 9.55 Å². The molecule has 3 heteroatoms. The van der Waals surface area contributed by atoms with E-state index in [0.29, 0.717) is 0 Å². The van der Waals surface area contributed by atoms with Crippen molar-refractivity contribution in [3.63, 3.8) is 0 Å². The van der Waals surface area contributed by atoms with E-state index in [1.807, 2.05) is 35.8 Å². The molecular formula is C15H16N2O. The van der Waals surface area contributed by atoms with Crippen LogP contribution < -0.4 is 5.56 Å². The van der Waals surface area contributed by atoms with E-state index in [-0.39, 0.29) is 5.56 Å². The Labute approximate surface area is 106 Å². The Hall–Kier alpha value is -1.90. The molecule has 0 atom stereocenters. The molecule has 1 aromatic heterocycles. The van der Waals surface area contributed by atoms with Crippen LogP contribution in [0.4, 0.5) is 0 Å². The maximum atomic E-state index is 12.1. The Morgan fingerprint density at radius 3 is 2.89 bits per heavy atom. The smallest absolute Gasteiger partial charge is 0.254 e. The van der Waals surface area contributed by atoms with Crippen molar-refractivity contribution in [2.75, 3.05) is 0 Å². The minimum absolute atomic E-state index is 0.0814. The number of nitrogens with zero attached hydrogens (tertiary/aromatic N) is 2. The van der Waals surface area contributed by atoms with Crippen molar-refractivity contribution in [3.05, 3.63) is 52.1 Å². The standard InChI is InChI=1S/C15H16N2O/c1-11-6-2-3-7-12(11)13-10-15(18)17-9-5-4-8-14(17)16-13/h2-3,6-7,10H,4-5,8-9H2,1H3.